The van der Waals surface area contributed by atoms with Gasteiger partial charge < -0.3 is 33.6 Å². The number of carbonyl (C=O) groups is 1. The number of hydrogen-bond acceptors (Lipinski definition) is 10. The zero-order valence-corrected chi connectivity index (χ0v) is 32.0. The largest absolute Gasteiger partial charge is 0.481 e. The van der Waals surface area contributed by atoms with Crippen molar-refractivity contribution in [2.45, 2.75) is 64.3 Å². The summed E-state index contributed by atoms with van der Waals surface area (Å²) in [4.78, 5) is 31.0. The van der Waals surface area contributed by atoms with Crippen LogP contribution in [0.1, 0.15) is 46.5 Å². The first kappa shape index (κ1) is 36.9. The molecular weight excluding hydrogens is 824 g/mol. The fraction of sp³-hybridized carbons (Fsp3) is 0.727. The molecule has 0 atom stereocenters. The molecule has 16 heteroatoms. The van der Waals surface area contributed by atoms with Gasteiger partial charge >= 0.3 is 18.3 Å². The Hall–Kier alpha value is -1.89. The van der Waals surface area contributed by atoms with Crippen LogP contribution in [0.2, 0.25) is 0 Å². The van der Waals surface area contributed by atoms with Gasteiger partial charge in [-0.25, -0.2) is 4.79 Å². The highest BCUT2D eigenvalue weighted by molar-refractivity contribution is 14.1. The number of nitrogens with zero attached hydrogens (tertiary/aromatic N) is 6. The molecule has 11 nitrogen and oxygen atoms in total. The Balaban J connectivity index is 1.18. The molecule has 1 spiro atoms. The number of fused-ring (bicyclic) bond motifs is 1. The van der Waals surface area contributed by atoms with Gasteiger partial charge in [-0.15, -0.1) is 0 Å². The minimum atomic E-state index is -4.52. The first-order valence-corrected chi connectivity index (χ1v) is 18.9. The minimum Gasteiger partial charge on any atom is -0.481 e. The van der Waals surface area contributed by atoms with Crippen molar-refractivity contribution < 1.29 is 36.9 Å². The van der Waals surface area contributed by atoms with E-state index in [2.05, 4.69) is 58.2 Å². The van der Waals surface area contributed by atoms with Crippen LogP contribution in [0.25, 0.3) is 10.9 Å². The summed E-state index contributed by atoms with van der Waals surface area (Å²) in [5, 5.41) is 0.606. The van der Waals surface area contributed by atoms with Crippen LogP contribution >= 0.6 is 38.5 Å². The number of hydrogen-bond donors (Lipinski definition) is 0. The number of ether oxygens (including phenoxy) is 4. The zero-order valence-electron chi connectivity index (χ0n) is 28.3. The number of aromatic nitrogens is 2. The van der Waals surface area contributed by atoms with E-state index in [9.17, 15) is 18.0 Å². The number of morpholine rings is 1. The maximum absolute atomic E-state index is 13.3. The quantitative estimate of drug-likeness (QED) is 0.297. The molecule has 0 unspecified atom stereocenters. The summed E-state index contributed by atoms with van der Waals surface area (Å²) >= 11 is 5.54. The molecule has 0 bridgehead atoms. The van der Waals surface area contributed by atoms with Crippen LogP contribution in [0, 0.1) is 8.99 Å². The molecule has 2 aromatic rings. The molecular formula is C33H45BrF3IN6O5. The maximum Gasteiger partial charge on any atom is 0.422 e. The molecule has 1 aromatic carbocycles. The van der Waals surface area contributed by atoms with Gasteiger partial charge in [0.05, 0.1) is 17.7 Å². The van der Waals surface area contributed by atoms with Gasteiger partial charge in [-0.2, -0.15) is 23.1 Å². The van der Waals surface area contributed by atoms with Gasteiger partial charge in [-0.05, 0) is 91.0 Å². The van der Waals surface area contributed by atoms with Crippen LogP contribution in [0.5, 0.6) is 11.8 Å². The Bertz CT molecular complexity index is 1480. The van der Waals surface area contributed by atoms with Crippen LogP contribution in [0.15, 0.2) is 10.5 Å². The van der Waals surface area contributed by atoms with Crippen molar-refractivity contribution in [2.24, 2.45) is 5.41 Å². The smallest absolute Gasteiger partial charge is 0.422 e. The zero-order chi connectivity index (χ0) is 35.0. The molecule has 4 aliphatic rings. The summed E-state index contributed by atoms with van der Waals surface area (Å²) < 4.78 is 63.9. The van der Waals surface area contributed by atoms with Crippen LogP contribution in [-0.2, 0) is 9.47 Å². The Labute approximate surface area is 307 Å². The molecule has 0 saturated carbocycles. The van der Waals surface area contributed by atoms with Crippen LogP contribution in [0.4, 0.5) is 23.8 Å². The number of amides is 1. The topological polar surface area (TPSA) is 92.7 Å². The third-order valence-electron chi connectivity index (χ3n) is 9.65. The second-order valence-corrected chi connectivity index (χ2v) is 16.5. The molecule has 49 heavy (non-hydrogen) atoms. The average molecular weight is 870 g/mol. The Kier molecular flexibility index (Phi) is 11.3. The summed E-state index contributed by atoms with van der Waals surface area (Å²) in [7, 11) is 0. The van der Waals surface area contributed by atoms with Crippen LogP contribution in [0.3, 0.4) is 0 Å². The summed E-state index contributed by atoms with van der Waals surface area (Å²) in [5.41, 5.74) is -0.268. The SMILES string of the molecule is CC(C)(C)OC(=O)N1CC2(CCN(c3nc(OC4CCN(CCN5CCOCC5)CC4)nc4c(OCC(F)(F)F)c(Br)c(I)cc34)CC2)C1. The Morgan fingerprint density at radius 1 is 1.02 bits per heavy atom. The van der Waals surface area contributed by atoms with Crippen molar-refractivity contribution >= 4 is 61.3 Å². The average Bonchev–Trinajstić information content (AvgIpc) is 3.03. The molecule has 4 saturated heterocycles. The predicted molar refractivity (Wildman–Crippen MR) is 191 cm³/mol. The first-order valence-electron chi connectivity index (χ1n) is 17.0. The number of alkyl halides is 3. The molecule has 272 valence electrons. The highest BCUT2D eigenvalue weighted by Gasteiger charge is 2.48. The first-order chi connectivity index (χ1) is 23.2. The van der Waals surface area contributed by atoms with Crippen molar-refractivity contribution in [1.82, 2.24) is 24.7 Å². The Morgan fingerprint density at radius 3 is 2.27 bits per heavy atom. The second-order valence-electron chi connectivity index (χ2n) is 14.6. The third-order valence-corrected chi connectivity index (χ3v) is 12.0. The van der Waals surface area contributed by atoms with E-state index in [1.165, 1.54) is 0 Å². The highest BCUT2D eigenvalue weighted by atomic mass is 127. The molecule has 0 radical (unpaired) electrons. The van der Waals surface area contributed by atoms with Crippen LogP contribution in [-0.4, -0.2) is 134 Å². The number of piperidine rings is 2. The van der Waals surface area contributed by atoms with E-state index < -0.39 is 18.4 Å². The lowest BCUT2D eigenvalue weighted by Gasteiger charge is -2.53. The maximum atomic E-state index is 13.3. The minimum absolute atomic E-state index is 0.00372. The number of carbonyl (C=O) groups excluding carboxylic acids is 1. The number of anilines is 1. The van der Waals surface area contributed by atoms with E-state index >= 15 is 0 Å². The fourth-order valence-electron chi connectivity index (χ4n) is 6.96. The number of likely N-dealkylation sites (tertiary alicyclic amines) is 2. The number of halogens is 5. The summed E-state index contributed by atoms with van der Waals surface area (Å²) in [6, 6.07) is 2.02. The van der Waals surface area contributed by atoms with Gasteiger partial charge in [-0.1, -0.05) is 0 Å². The summed E-state index contributed by atoms with van der Waals surface area (Å²) in [6.45, 7) is 14.0. The molecule has 4 aliphatic heterocycles. The number of benzene rings is 1. The van der Waals surface area contributed by atoms with Gasteiger partial charge in [0.25, 0.3) is 0 Å². The molecule has 1 aromatic heterocycles. The monoisotopic (exact) mass is 868 g/mol. The van der Waals surface area contributed by atoms with E-state index in [4.69, 9.17) is 23.9 Å². The second kappa shape index (κ2) is 15.0. The van der Waals surface area contributed by atoms with Gasteiger partial charge in [-0.3, -0.25) is 4.90 Å². The third kappa shape index (κ3) is 9.32. The van der Waals surface area contributed by atoms with Gasteiger partial charge in [0.1, 0.15) is 23.0 Å². The van der Waals surface area contributed by atoms with Crippen LogP contribution < -0.4 is 14.4 Å². The fourth-order valence-corrected chi connectivity index (χ4v) is 7.93. The lowest BCUT2D eigenvalue weighted by molar-refractivity contribution is -0.153. The van der Waals surface area contributed by atoms with E-state index in [-0.39, 0.29) is 34.9 Å². The van der Waals surface area contributed by atoms with Gasteiger partial charge in [0.2, 0.25) is 0 Å². The van der Waals surface area contributed by atoms with E-state index in [0.29, 0.717) is 45.4 Å². The van der Waals surface area contributed by atoms with E-state index in [1.54, 1.807) is 4.90 Å². The van der Waals surface area contributed by atoms with Gasteiger partial charge in [0, 0.05) is 79.8 Å². The molecule has 0 N–H and O–H groups in total. The normalized spacial score (nSPS) is 21.2. The van der Waals surface area contributed by atoms with E-state index in [0.717, 1.165) is 78.2 Å². The Morgan fingerprint density at radius 2 is 1.65 bits per heavy atom. The van der Waals surface area contributed by atoms with Crippen molar-refractivity contribution in [3.05, 3.63) is 14.1 Å². The summed E-state index contributed by atoms with van der Waals surface area (Å²) in [6.07, 6.45) is -1.66. The standard InChI is InChI=1S/C33H45BrF3IN6O5/c1-31(2,3)49-30(45)44-19-32(20-44)6-10-43(11-7-32)28-23-18-24(38)25(34)27(47-21-33(35,36)37)26(23)39-29(40-28)48-22-4-8-41(9-5-22)12-13-42-14-16-46-17-15-42/h18,22H,4-17,19-21H2,1-3H3. The lowest BCUT2D eigenvalue weighted by Crippen LogP contribution is -2.62. The molecule has 1 amide bonds. The molecule has 0 aliphatic carbocycles. The summed E-state index contributed by atoms with van der Waals surface area (Å²) in [5.74, 6) is 0.634. The van der Waals surface area contributed by atoms with Gasteiger partial charge in [0.15, 0.2) is 12.4 Å². The van der Waals surface area contributed by atoms with E-state index in [1.807, 2.05) is 26.8 Å². The predicted octanol–water partition coefficient (Wildman–Crippen LogP) is 5.95. The number of rotatable bonds is 8. The van der Waals surface area contributed by atoms with Crippen molar-refractivity contribution in [3.63, 3.8) is 0 Å². The molecule has 6 rings (SSSR count). The lowest BCUT2D eigenvalue weighted by atomic mass is 9.72. The molecule has 4 fully saturated rings. The van der Waals surface area contributed by atoms with Crippen molar-refractivity contribution in [1.29, 1.82) is 0 Å². The van der Waals surface area contributed by atoms with Crippen molar-refractivity contribution in [3.8, 4) is 11.8 Å². The highest BCUT2D eigenvalue weighted by Crippen LogP contribution is 2.45. The molecule has 5 heterocycles. The van der Waals surface area contributed by atoms with Crippen molar-refractivity contribution in [2.75, 3.05) is 90.2 Å².